The molecule has 0 radical (unpaired) electrons. The topological polar surface area (TPSA) is 94.8 Å². The molecule has 0 heterocycles. The average molecular weight is 210 g/mol. The van der Waals surface area contributed by atoms with Crippen molar-refractivity contribution in [1.29, 1.82) is 0 Å². The molecule has 0 fully saturated rings. The molecule has 1 aromatic rings. The zero-order valence-corrected chi connectivity index (χ0v) is 7.75. The number of phenolic OH excluding ortho intramolecular Hbond substituents is 2. The van der Waals surface area contributed by atoms with Crippen molar-refractivity contribution in [2.45, 2.75) is 12.3 Å². The van der Waals surface area contributed by atoms with Gasteiger partial charge in [-0.05, 0) is 17.7 Å². The Balaban J connectivity index is 3.06. The largest absolute Gasteiger partial charge is 0.504 e. The molecule has 0 bridgehead atoms. The molecule has 1 rings (SSSR count). The Labute approximate surface area is 85.6 Å². The highest BCUT2D eigenvalue weighted by molar-refractivity contribution is 5.79. The number of aromatic hydroxyl groups is 2. The first-order valence-corrected chi connectivity index (χ1v) is 4.24. The van der Waals surface area contributed by atoms with Crippen LogP contribution in [0.1, 0.15) is 17.9 Å². The maximum absolute atomic E-state index is 10.8. The number of carboxylic acids is 1. The average Bonchev–Trinajstić information content (AvgIpc) is 2.18. The Kier molecular flexibility index (Phi) is 3.28. The predicted molar refractivity (Wildman–Crippen MR) is 50.8 cm³/mol. The molecule has 80 valence electrons. The van der Waals surface area contributed by atoms with E-state index in [1.807, 2.05) is 0 Å². The third-order valence-corrected chi connectivity index (χ3v) is 2.03. The first-order valence-electron chi connectivity index (χ1n) is 4.24. The van der Waals surface area contributed by atoms with E-state index in [1.54, 1.807) is 0 Å². The van der Waals surface area contributed by atoms with Gasteiger partial charge in [-0.25, -0.2) is 0 Å². The lowest BCUT2D eigenvalue weighted by Crippen LogP contribution is -2.11. The van der Waals surface area contributed by atoms with Crippen LogP contribution in [0.5, 0.6) is 11.5 Å². The molecule has 1 atom stereocenters. The summed E-state index contributed by atoms with van der Waals surface area (Å²) in [6, 6.07) is 3.68. The third-order valence-electron chi connectivity index (χ3n) is 2.03. The lowest BCUT2D eigenvalue weighted by molar-refractivity contribution is -0.139. The molecular weight excluding hydrogens is 200 g/mol. The number of carboxylic acid groups (broad SMARTS) is 1. The summed E-state index contributed by atoms with van der Waals surface area (Å²) in [4.78, 5) is 21.1. The van der Waals surface area contributed by atoms with Gasteiger partial charge >= 0.3 is 5.97 Å². The van der Waals surface area contributed by atoms with Crippen LogP contribution >= 0.6 is 0 Å². The first-order chi connectivity index (χ1) is 7.06. The van der Waals surface area contributed by atoms with Gasteiger partial charge in [0.1, 0.15) is 6.29 Å². The van der Waals surface area contributed by atoms with Crippen molar-refractivity contribution in [3.05, 3.63) is 23.8 Å². The minimum Gasteiger partial charge on any atom is -0.504 e. The van der Waals surface area contributed by atoms with Gasteiger partial charge < -0.3 is 20.1 Å². The van der Waals surface area contributed by atoms with E-state index in [4.69, 9.17) is 15.3 Å². The maximum atomic E-state index is 10.8. The fourth-order valence-electron chi connectivity index (χ4n) is 1.23. The molecule has 0 aliphatic rings. The molecular formula is C10H10O5. The minimum absolute atomic E-state index is 0.167. The molecule has 0 saturated heterocycles. The van der Waals surface area contributed by atoms with E-state index < -0.39 is 17.6 Å². The van der Waals surface area contributed by atoms with Crippen LogP contribution < -0.4 is 0 Å². The fourth-order valence-corrected chi connectivity index (χ4v) is 1.23. The lowest BCUT2D eigenvalue weighted by atomic mass is 9.96. The summed E-state index contributed by atoms with van der Waals surface area (Å²) in [5.41, 5.74) is 0.282. The quantitative estimate of drug-likeness (QED) is 0.506. The molecule has 1 aromatic carbocycles. The van der Waals surface area contributed by atoms with Gasteiger partial charge in [0.25, 0.3) is 0 Å². The van der Waals surface area contributed by atoms with Crippen LogP contribution in [0.15, 0.2) is 18.2 Å². The van der Waals surface area contributed by atoms with Crippen molar-refractivity contribution < 1.29 is 24.9 Å². The van der Waals surface area contributed by atoms with Gasteiger partial charge in [-0.3, -0.25) is 4.79 Å². The van der Waals surface area contributed by atoms with Gasteiger partial charge in [0.2, 0.25) is 0 Å². The van der Waals surface area contributed by atoms with Crippen molar-refractivity contribution in [2.75, 3.05) is 0 Å². The molecule has 3 N–H and O–H groups in total. The molecule has 15 heavy (non-hydrogen) atoms. The van der Waals surface area contributed by atoms with Crippen molar-refractivity contribution in [3.8, 4) is 11.5 Å². The van der Waals surface area contributed by atoms with Gasteiger partial charge in [-0.1, -0.05) is 6.07 Å². The summed E-state index contributed by atoms with van der Waals surface area (Å²) in [5, 5.41) is 27.0. The summed E-state index contributed by atoms with van der Waals surface area (Å²) in [5.74, 6) is -2.86. The van der Waals surface area contributed by atoms with Gasteiger partial charge in [-0.15, -0.1) is 0 Å². The Bertz CT molecular complexity index is 385. The Morgan fingerprint density at radius 1 is 1.33 bits per heavy atom. The Morgan fingerprint density at radius 2 is 2.00 bits per heavy atom. The number of carbonyl (C=O) groups is 2. The van der Waals surface area contributed by atoms with Crippen LogP contribution in [0, 0.1) is 0 Å². The summed E-state index contributed by atoms with van der Waals surface area (Å²) in [6.07, 6.45) is 0.336. The van der Waals surface area contributed by atoms with E-state index in [2.05, 4.69) is 0 Å². The summed E-state index contributed by atoms with van der Waals surface area (Å²) in [6.45, 7) is 0. The molecule has 0 spiro atoms. The third kappa shape index (κ3) is 2.46. The van der Waals surface area contributed by atoms with Gasteiger partial charge in [0, 0.05) is 6.42 Å². The zero-order valence-electron chi connectivity index (χ0n) is 7.75. The number of hydrogen-bond acceptors (Lipinski definition) is 4. The summed E-state index contributed by atoms with van der Waals surface area (Å²) < 4.78 is 0. The van der Waals surface area contributed by atoms with E-state index >= 15 is 0 Å². The minimum atomic E-state index is -1.15. The van der Waals surface area contributed by atoms with E-state index in [9.17, 15) is 9.59 Å². The van der Waals surface area contributed by atoms with E-state index in [0.717, 1.165) is 6.07 Å². The molecule has 0 amide bonds. The molecule has 0 saturated carbocycles. The number of carbonyl (C=O) groups excluding carboxylic acids is 1. The van der Waals surface area contributed by atoms with Crippen LogP contribution in [0.3, 0.4) is 0 Å². The van der Waals surface area contributed by atoms with Crippen LogP contribution in [0.2, 0.25) is 0 Å². The Hall–Kier alpha value is -2.04. The van der Waals surface area contributed by atoms with Crippen molar-refractivity contribution >= 4 is 12.3 Å². The second-order valence-corrected chi connectivity index (χ2v) is 3.04. The van der Waals surface area contributed by atoms with Crippen LogP contribution in [0.4, 0.5) is 0 Å². The molecule has 5 heteroatoms. The van der Waals surface area contributed by atoms with E-state index in [-0.39, 0.29) is 17.7 Å². The summed E-state index contributed by atoms with van der Waals surface area (Å²) in [7, 11) is 0. The highest BCUT2D eigenvalue weighted by Crippen LogP contribution is 2.29. The van der Waals surface area contributed by atoms with Crippen LogP contribution in [-0.2, 0) is 9.59 Å². The van der Waals surface area contributed by atoms with Gasteiger partial charge in [0.15, 0.2) is 11.5 Å². The SMILES string of the molecule is O=CCC(C(=O)O)c1ccc(O)c(O)c1. The second kappa shape index (κ2) is 4.45. The van der Waals surface area contributed by atoms with Crippen LogP contribution in [0.25, 0.3) is 0 Å². The monoisotopic (exact) mass is 210 g/mol. The molecule has 0 aliphatic carbocycles. The zero-order chi connectivity index (χ0) is 11.4. The van der Waals surface area contributed by atoms with Crippen LogP contribution in [-0.4, -0.2) is 27.6 Å². The smallest absolute Gasteiger partial charge is 0.311 e. The Morgan fingerprint density at radius 3 is 2.47 bits per heavy atom. The molecule has 0 aliphatic heterocycles. The second-order valence-electron chi connectivity index (χ2n) is 3.04. The van der Waals surface area contributed by atoms with Crippen molar-refractivity contribution in [2.24, 2.45) is 0 Å². The number of phenols is 2. The highest BCUT2D eigenvalue weighted by Gasteiger charge is 2.20. The van der Waals surface area contributed by atoms with E-state index in [0.29, 0.717) is 6.29 Å². The molecule has 1 unspecified atom stereocenters. The van der Waals surface area contributed by atoms with Crippen molar-refractivity contribution in [1.82, 2.24) is 0 Å². The first kappa shape index (κ1) is 11.0. The summed E-state index contributed by atoms with van der Waals surface area (Å²) >= 11 is 0. The normalized spacial score (nSPS) is 12.0. The lowest BCUT2D eigenvalue weighted by Gasteiger charge is -2.09. The number of benzene rings is 1. The number of rotatable bonds is 4. The number of aliphatic carboxylic acids is 1. The number of hydrogen-bond donors (Lipinski definition) is 3. The van der Waals surface area contributed by atoms with Crippen molar-refractivity contribution in [3.63, 3.8) is 0 Å². The highest BCUT2D eigenvalue weighted by atomic mass is 16.4. The molecule has 5 nitrogen and oxygen atoms in total. The molecule has 0 aromatic heterocycles. The fraction of sp³-hybridized carbons (Fsp3) is 0.200. The predicted octanol–water partition coefficient (Wildman–Crippen LogP) is 0.855. The van der Waals surface area contributed by atoms with E-state index in [1.165, 1.54) is 12.1 Å². The van der Waals surface area contributed by atoms with Gasteiger partial charge in [0.05, 0.1) is 5.92 Å². The standard InChI is InChI=1S/C10H10O5/c11-4-3-7(10(14)15)6-1-2-8(12)9(13)5-6/h1-2,4-5,7,12-13H,3H2,(H,14,15). The maximum Gasteiger partial charge on any atom is 0.311 e. The number of aldehydes is 1. The van der Waals surface area contributed by atoms with Gasteiger partial charge in [-0.2, -0.15) is 0 Å².